The molecule has 0 amide bonds. The lowest BCUT2D eigenvalue weighted by atomic mass is 10.1. The molecule has 2 rings (SSSR count). The minimum Gasteiger partial charge on any atom is -0.409 e. The largest absolute Gasteiger partial charge is 0.540 e. The zero-order chi connectivity index (χ0) is 11.3. The average molecular weight is 226 g/mol. The molecule has 0 bridgehead atoms. The summed E-state index contributed by atoms with van der Waals surface area (Å²) in [6, 6.07) is 1.80. The summed E-state index contributed by atoms with van der Waals surface area (Å²) in [5.41, 5.74) is -1.06. The van der Waals surface area contributed by atoms with Crippen LogP contribution in [0.15, 0.2) is 18.2 Å². The maximum atomic E-state index is 12.9. The molecule has 0 saturated carbocycles. The van der Waals surface area contributed by atoms with E-state index in [-0.39, 0.29) is 0 Å². The van der Waals surface area contributed by atoms with Crippen LogP contribution in [-0.2, 0) is 10.8 Å². The van der Waals surface area contributed by atoms with Crippen molar-refractivity contribution in [1.82, 2.24) is 0 Å². The number of fused-ring (bicyclic) bond motifs is 1. The first-order valence-corrected chi connectivity index (χ1v) is 3.75. The molecular weight excluding hydrogens is 223 g/mol. The second-order valence-corrected chi connectivity index (χ2v) is 2.82. The number of benzene rings is 1. The predicted octanol–water partition coefficient (Wildman–Crippen LogP) is 2.83. The minimum absolute atomic E-state index is 0.380. The van der Waals surface area contributed by atoms with Crippen LogP contribution in [0.2, 0.25) is 0 Å². The lowest BCUT2D eigenvalue weighted by molar-refractivity contribution is -0.461. The van der Waals surface area contributed by atoms with Crippen LogP contribution < -0.4 is 4.74 Å². The summed E-state index contributed by atoms with van der Waals surface area (Å²) < 4.78 is 70.3. The van der Waals surface area contributed by atoms with Crippen LogP contribution in [0, 0.1) is 5.82 Å². The SMILES string of the molecule is Fc1ccc2c(c1)C(F)(F)OC(F)(F)O2. The van der Waals surface area contributed by atoms with Crippen LogP contribution in [0.1, 0.15) is 5.56 Å². The van der Waals surface area contributed by atoms with Gasteiger partial charge in [0.25, 0.3) is 0 Å². The van der Waals surface area contributed by atoms with Gasteiger partial charge in [-0.1, -0.05) is 0 Å². The zero-order valence-electron chi connectivity index (χ0n) is 6.94. The number of hydrogen-bond acceptors (Lipinski definition) is 2. The summed E-state index contributed by atoms with van der Waals surface area (Å²) in [4.78, 5) is 0. The molecule has 1 heterocycles. The Morgan fingerprint density at radius 1 is 1.07 bits per heavy atom. The fraction of sp³-hybridized carbons (Fsp3) is 0.250. The van der Waals surface area contributed by atoms with E-state index in [4.69, 9.17) is 0 Å². The summed E-state index contributed by atoms with van der Waals surface area (Å²) in [7, 11) is 0. The number of halogens is 5. The molecule has 0 saturated heterocycles. The van der Waals surface area contributed by atoms with Crippen molar-refractivity contribution >= 4 is 0 Å². The number of alkyl halides is 4. The second-order valence-electron chi connectivity index (χ2n) is 2.82. The van der Waals surface area contributed by atoms with E-state index in [1.165, 1.54) is 0 Å². The molecule has 82 valence electrons. The van der Waals surface area contributed by atoms with Crippen LogP contribution in [0.5, 0.6) is 5.75 Å². The van der Waals surface area contributed by atoms with Crippen molar-refractivity contribution in [3.05, 3.63) is 29.6 Å². The fourth-order valence-electron chi connectivity index (χ4n) is 1.17. The highest BCUT2D eigenvalue weighted by Crippen LogP contribution is 2.46. The number of rotatable bonds is 0. The van der Waals surface area contributed by atoms with Crippen LogP contribution in [-0.4, -0.2) is 6.29 Å². The molecule has 1 aliphatic rings. The molecule has 0 aliphatic carbocycles. The van der Waals surface area contributed by atoms with Gasteiger partial charge in [-0.2, -0.15) is 8.78 Å². The zero-order valence-corrected chi connectivity index (χ0v) is 6.94. The molecule has 1 aliphatic heterocycles. The minimum atomic E-state index is -4.42. The monoisotopic (exact) mass is 226 g/mol. The molecule has 15 heavy (non-hydrogen) atoms. The maximum absolute atomic E-state index is 12.9. The molecule has 7 heteroatoms. The van der Waals surface area contributed by atoms with Gasteiger partial charge in [-0.15, -0.1) is 8.78 Å². The van der Waals surface area contributed by atoms with Gasteiger partial charge < -0.3 is 4.74 Å². The van der Waals surface area contributed by atoms with Crippen LogP contribution >= 0.6 is 0 Å². The third kappa shape index (κ3) is 1.74. The van der Waals surface area contributed by atoms with Gasteiger partial charge in [0.15, 0.2) is 0 Å². The van der Waals surface area contributed by atoms with Gasteiger partial charge >= 0.3 is 12.4 Å². The van der Waals surface area contributed by atoms with Crippen molar-refractivity contribution in [1.29, 1.82) is 0 Å². The van der Waals surface area contributed by atoms with Crippen molar-refractivity contribution in [3.8, 4) is 5.75 Å². The molecule has 0 spiro atoms. The molecule has 0 atom stereocenters. The summed E-state index contributed by atoms with van der Waals surface area (Å²) in [6.45, 7) is 0. The van der Waals surface area contributed by atoms with Crippen molar-refractivity contribution < 1.29 is 31.4 Å². The normalized spacial score (nSPS) is 21.7. The number of hydrogen-bond donors (Lipinski definition) is 0. The van der Waals surface area contributed by atoms with Gasteiger partial charge in [-0.05, 0) is 18.2 Å². The predicted molar refractivity (Wildman–Crippen MR) is 37.0 cm³/mol. The van der Waals surface area contributed by atoms with Gasteiger partial charge in [0, 0.05) is 0 Å². The molecule has 0 unspecified atom stereocenters. The maximum Gasteiger partial charge on any atom is 0.540 e. The van der Waals surface area contributed by atoms with E-state index in [1.807, 2.05) is 0 Å². The summed E-state index contributed by atoms with van der Waals surface area (Å²) in [6.07, 6.45) is -8.70. The summed E-state index contributed by atoms with van der Waals surface area (Å²) in [5, 5.41) is 0. The molecule has 1 aromatic rings. The highest BCUT2D eigenvalue weighted by atomic mass is 19.3. The molecule has 0 radical (unpaired) electrons. The Kier molecular flexibility index (Phi) is 1.91. The molecule has 1 aromatic carbocycles. The standard InChI is InChI=1S/C8H3F5O2/c9-4-1-2-6-5(3-4)7(10,11)15-8(12,13)14-6/h1-3H. The highest BCUT2D eigenvalue weighted by Gasteiger charge is 2.54. The molecule has 0 aromatic heterocycles. The Balaban J connectivity index is 2.55. The van der Waals surface area contributed by atoms with Crippen molar-refractivity contribution in [3.63, 3.8) is 0 Å². The van der Waals surface area contributed by atoms with Gasteiger partial charge in [0.2, 0.25) is 0 Å². The van der Waals surface area contributed by atoms with E-state index in [9.17, 15) is 22.0 Å². The number of ether oxygens (including phenoxy) is 2. The first kappa shape index (κ1) is 10.2. The van der Waals surface area contributed by atoms with E-state index in [2.05, 4.69) is 9.47 Å². The van der Waals surface area contributed by atoms with Crippen LogP contribution in [0.3, 0.4) is 0 Å². The van der Waals surface area contributed by atoms with E-state index >= 15 is 0 Å². The smallest absolute Gasteiger partial charge is 0.409 e. The van der Waals surface area contributed by atoms with E-state index in [0.29, 0.717) is 12.1 Å². The molecule has 2 nitrogen and oxygen atoms in total. The van der Waals surface area contributed by atoms with E-state index in [0.717, 1.165) is 6.07 Å². The molecule has 0 fully saturated rings. The summed E-state index contributed by atoms with van der Waals surface area (Å²) >= 11 is 0. The Hall–Kier alpha value is -1.37. The first-order chi connectivity index (χ1) is 6.80. The fourth-order valence-corrected chi connectivity index (χ4v) is 1.17. The van der Waals surface area contributed by atoms with Crippen LogP contribution in [0.4, 0.5) is 22.0 Å². The molecular formula is C8H3F5O2. The summed E-state index contributed by atoms with van der Waals surface area (Å²) in [5.74, 6) is -1.80. The quantitative estimate of drug-likeness (QED) is 0.633. The third-order valence-corrected chi connectivity index (χ3v) is 1.73. The van der Waals surface area contributed by atoms with Gasteiger partial charge in [-0.25, -0.2) is 9.13 Å². The van der Waals surface area contributed by atoms with Crippen molar-refractivity contribution in [2.75, 3.05) is 0 Å². The van der Waals surface area contributed by atoms with Gasteiger partial charge in [0.05, 0.1) is 5.56 Å². The van der Waals surface area contributed by atoms with Gasteiger partial charge in [0.1, 0.15) is 11.6 Å². The first-order valence-electron chi connectivity index (χ1n) is 3.75. The third-order valence-electron chi connectivity index (χ3n) is 1.73. The Bertz CT molecular complexity index is 404. The van der Waals surface area contributed by atoms with Crippen molar-refractivity contribution in [2.45, 2.75) is 12.4 Å². The van der Waals surface area contributed by atoms with Gasteiger partial charge in [-0.3, -0.25) is 0 Å². The average Bonchev–Trinajstić information content (AvgIpc) is 2.03. The van der Waals surface area contributed by atoms with Crippen LogP contribution in [0.25, 0.3) is 0 Å². The Morgan fingerprint density at radius 3 is 2.40 bits per heavy atom. The van der Waals surface area contributed by atoms with Crippen molar-refractivity contribution in [2.24, 2.45) is 0 Å². The molecule has 0 N–H and O–H groups in total. The second kappa shape index (κ2) is 2.82. The van der Waals surface area contributed by atoms with E-state index < -0.39 is 29.5 Å². The Morgan fingerprint density at radius 2 is 1.73 bits per heavy atom. The Labute approximate surface area is 80.2 Å². The lowest BCUT2D eigenvalue weighted by Crippen LogP contribution is -2.41. The highest BCUT2D eigenvalue weighted by molar-refractivity contribution is 5.37. The lowest BCUT2D eigenvalue weighted by Gasteiger charge is -2.30. The van der Waals surface area contributed by atoms with E-state index in [1.54, 1.807) is 0 Å². The topological polar surface area (TPSA) is 18.5 Å².